The van der Waals surface area contributed by atoms with E-state index in [9.17, 15) is 4.79 Å². The van der Waals surface area contributed by atoms with E-state index in [4.69, 9.17) is 0 Å². The number of fused-ring (bicyclic) bond motifs is 1. The number of carbonyl (C=O) groups excluding carboxylic acids is 1. The molecule has 0 spiro atoms. The van der Waals surface area contributed by atoms with Gasteiger partial charge in [-0.2, -0.15) is 0 Å². The minimum absolute atomic E-state index is 0.0387. The van der Waals surface area contributed by atoms with Gasteiger partial charge in [0.1, 0.15) is 0 Å². The van der Waals surface area contributed by atoms with Gasteiger partial charge >= 0.3 is 0 Å². The molecule has 2 aromatic heterocycles. The predicted molar refractivity (Wildman–Crippen MR) is 100 cm³/mol. The van der Waals surface area contributed by atoms with Crippen molar-refractivity contribution < 1.29 is 4.79 Å². The molecule has 2 heterocycles. The highest BCUT2D eigenvalue weighted by atomic mass is 32.1. The highest BCUT2D eigenvalue weighted by molar-refractivity contribution is 7.14. The van der Waals surface area contributed by atoms with Gasteiger partial charge in [0, 0.05) is 29.5 Å². The van der Waals surface area contributed by atoms with Gasteiger partial charge in [-0.25, -0.2) is 4.98 Å². The van der Waals surface area contributed by atoms with Crippen LogP contribution in [0.25, 0.3) is 5.69 Å². The fourth-order valence-electron chi connectivity index (χ4n) is 3.25. The summed E-state index contributed by atoms with van der Waals surface area (Å²) in [6.07, 6.45) is 11.5. The third kappa shape index (κ3) is 3.66. The number of aromatic nitrogens is 2. The summed E-state index contributed by atoms with van der Waals surface area (Å²) in [5, 5.41) is 3.05. The third-order valence-corrected chi connectivity index (χ3v) is 5.90. The van der Waals surface area contributed by atoms with Crippen molar-refractivity contribution in [3.63, 3.8) is 0 Å². The van der Waals surface area contributed by atoms with E-state index < -0.39 is 0 Å². The van der Waals surface area contributed by atoms with Gasteiger partial charge in [-0.15, -0.1) is 11.3 Å². The number of nitrogens with zero attached hydrogens (tertiary/aromatic N) is 2. The topological polar surface area (TPSA) is 46.9 Å². The summed E-state index contributed by atoms with van der Waals surface area (Å²) >= 11 is 1.67. The normalized spacial score (nSPS) is 13.9. The molecule has 4 nitrogen and oxygen atoms in total. The van der Waals surface area contributed by atoms with E-state index in [0.29, 0.717) is 6.54 Å². The van der Waals surface area contributed by atoms with E-state index in [1.54, 1.807) is 23.9 Å². The van der Waals surface area contributed by atoms with Crippen LogP contribution < -0.4 is 5.32 Å². The van der Waals surface area contributed by atoms with Crippen LogP contribution in [0.3, 0.4) is 0 Å². The summed E-state index contributed by atoms with van der Waals surface area (Å²) in [6.45, 7) is 0.547. The lowest BCUT2D eigenvalue weighted by molar-refractivity contribution is 0.0955. The number of imidazole rings is 1. The average molecular weight is 351 g/mol. The van der Waals surface area contributed by atoms with Crippen LogP contribution in [0.1, 0.15) is 44.9 Å². The van der Waals surface area contributed by atoms with Crippen LogP contribution in [0.5, 0.6) is 0 Å². The van der Waals surface area contributed by atoms with Crippen molar-refractivity contribution in [3.8, 4) is 5.69 Å². The number of carbonyl (C=O) groups is 1. The molecule has 0 aliphatic heterocycles. The lowest BCUT2D eigenvalue weighted by Gasteiger charge is -2.06. The fourth-order valence-corrected chi connectivity index (χ4v) is 4.42. The van der Waals surface area contributed by atoms with Gasteiger partial charge in [-0.05, 0) is 55.0 Å². The Balaban J connectivity index is 1.38. The molecule has 0 saturated carbocycles. The number of hydrogen-bond acceptors (Lipinski definition) is 3. The first kappa shape index (κ1) is 16.1. The molecule has 1 N–H and O–H groups in total. The minimum Gasteiger partial charge on any atom is -0.347 e. The number of aryl methyl sites for hydroxylation is 2. The van der Waals surface area contributed by atoms with E-state index in [0.717, 1.165) is 29.0 Å². The Bertz CT molecular complexity index is 826. The van der Waals surface area contributed by atoms with Crippen LogP contribution in [0.2, 0.25) is 0 Å². The zero-order chi connectivity index (χ0) is 17.1. The van der Waals surface area contributed by atoms with Crippen LogP contribution in [0.15, 0.2) is 49.1 Å². The molecule has 0 bridgehead atoms. The van der Waals surface area contributed by atoms with Crippen molar-refractivity contribution in [2.24, 2.45) is 0 Å². The Morgan fingerprint density at radius 1 is 1.16 bits per heavy atom. The van der Waals surface area contributed by atoms with Gasteiger partial charge in [0.15, 0.2) is 0 Å². The Kier molecular flexibility index (Phi) is 4.65. The number of rotatable bonds is 4. The zero-order valence-electron chi connectivity index (χ0n) is 14.1. The number of hydrogen-bond donors (Lipinski definition) is 1. The first-order chi connectivity index (χ1) is 12.3. The standard InChI is InChI=1S/C20H21N3OS/c24-20(19-12-16-4-2-1-3-5-18(16)25-19)22-13-15-6-8-17(9-7-15)23-11-10-21-14-23/h6-12,14H,1-5,13H2,(H,22,24). The lowest BCUT2D eigenvalue weighted by Crippen LogP contribution is -2.21. The molecular weight excluding hydrogens is 330 g/mol. The maximum absolute atomic E-state index is 12.5. The summed E-state index contributed by atoms with van der Waals surface area (Å²) < 4.78 is 1.96. The lowest BCUT2D eigenvalue weighted by atomic mass is 10.1. The van der Waals surface area contributed by atoms with Crippen molar-refractivity contribution in [2.45, 2.75) is 38.6 Å². The van der Waals surface area contributed by atoms with Crippen molar-refractivity contribution >= 4 is 17.2 Å². The highest BCUT2D eigenvalue weighted by Crippen LogP contribution is 2.28. The third-order valence-electron chi connectivity index (χ3n) is 4.66. The average Bonchev–Trinajstić information content (AvgIpc) is 3.26. The van der Waals surface area contributed by atoms with Crippen LogP contribution in [0, 0.1) is 0 Å². The van der Waals surface area contributed by atoms with Crippen molar-refractivity contribution in [3.05, 3.63) is 69.9 Å². The molecule has 1 aromatic carbocycles. The first-order valence-corrected chi connectivity index (χ1v) is 9.58. The van der Waals surface area contributed by atoms with Crippen molar-refractivity contribution in [2.75, 3.05) is 0 Å². The summed E-state index contributed by atoms with van der Waals surface area (Å²) in [7, 11) is 0. The van der Waals surface area contributed by atoms with Crippen LogP contribution in [-0.4, -0.2) is 15.5 Å². The number of amides is 1. The molecule has 5 heteroatoms. The highest BCUT2D eigenvalue weighted by Gasteiger charge is 2.16. The Hall–Kier alpha value is -2.40. The monoisotopic (exact) mass is 351 g/mol. The largest absolute Gasteiger partial charge is 0.347 e. The van der Waals surface area contributed by atoms with Crippen LogP contribution in [-0.2, 0) is 19.4 Å². The number of thiophene rings is 1. The molecule has 128 valence electrons. The second-order valence-corrected chi connectivity index (χ2v) is 7.58. The van der Waals surface area contributed by atoms with Crippen molar-refractivity contribution in [1.29, 1.82) is 0 Å². The zero-order valence-corrected chi connectivity index (χ0v) is 14.9. The quantitative estimate of drug-likeness (QED) is 0.718. The molecule has 1 aliphatic rings. The number of nitrogens with one attached hydrogen (secondary N) is 1. The smallest absolute Gasteiger partial charge is 0.261 e. The summed E-state index contributed by atoms with van der Waals surface area (Å²) in [6, 6.07) is 10.3. The van der Waals surface area contributed by atoms with Gasteiger partial charge in [0.05, 0.1) is 11.2 Å². The summed E-state index contributed by atoms with van der Waals surface area (Å²) in [5.41, 5.74) is 3.54. The van der Waals surface area contributed by atoms with Gasteiger partial charge in [-0.3, -0.25) is 4.79 Å². The maximum Gasteiger partial charge on any atom is 0.261 e. The summed E-state index contributed by atoms with van der Waals surface area (Å²) in [5.74, 6) is 0.0387. The molecule has 0 atom stereocenters. The van der Waals surface area contributed by atoms with E-state index in [1.165, 1.54) is 29.7 Å². The number of benzene rings is 1. The van der Waals surface area contributed by atoms with E-state index in [1.807, 2.05) is 35.0 Å². The van der Waals surface area contributed by atoms with E-state index in [-0.39, 0.29) is 5.91 Å². The van der Waals surface area contributed by atoms with Gasteiger partial charge in [0.2, 0.25) is 0 Å². The van der Waals surface area contributed by atoms with E-state index in [2.05, 4.69) is 16.4 Å². The fraction of sp³-hybridized carbons (Fsp3) is 0.300. The minimum atomic E-state index is 0.0387. The molecule has 0 fully saturated rings. The molecule has 0 saturated heterocycles. The second-order valence-electron chi connectivity index (χ2n) is 6.44. The first-order valence-electron chi connectivity index (χ1n) is 8.77. The molecule has 3 aromatic rings. The molecular formula is C20H21N3OS. The Morgan fingerprint density at radius 3 is 2.80 bits per heavy atom. The molecule has 0 unspecified atom stereocenters. The van der Waals surface area contributed by atoms with Gasteiger partial charge < -0.3 is 9.88 Å². The van der Waals surface area contributed by atoms with Gasteiger partial charge in [-0.1, -0.05) is 18.6 Å². The van der Waals surface area contributed by atoms with Crippen LogP contribution in [0.4, 0.5) is 0 Å². The van der Waals surface area contributed by atoms with Crippen molar-refractivity contribution in [1.82, 2.24) is 14.9 Å². The summed E-state index contributed by atoms with van der Waals surface area (Å²) in [4.78, 5) is 18.8. The molecule has 25 heavy (non-hydrogen) atoms. The second kappa shape index (κ2) is 7.23. The molecule has 4 rings (SSSR count). The molecule has 1 amide bonds. The Labute approximate surface area is 151 Å². The maximum atomic E-state index is 12.5. The SMILES string of the molecule is O=C(NCc1ccc(-n2ccnc2)cc1)c1cc2c(s1)CCCCC2. The molecule has 1 aliphatic carbocycles. The van der Waals surface area contributed by atoms with Crippen LogP contribution >= 0.6 is 11.3 Å². The van der Waals surface area contributed by atoms with Gasteiger partial charge in [0.25, 0.3) is 5.91 Å². The predicted octanol–water partition coefficient (Wildman–Crippen LogP) is 4.13. The Morgan fingerprint density at radius 2 is 2.00 bits per heavy atom. The molecule has 0 radical (unpaired) electrons. The van der Waals surface area contributed by atoms with E-state index >= 15 is 0 Å².